The predicted octanol–water partition coefficient (Wildman–Crippen LogP) is 4.11. The zero-order valence-corrected chi connectivity index (χ0v) is 19.6. The number of pyridine rings is 1. The summed E-state index contributed by atoms with van der Waals surface area (Å²) in [6.45, 7) is 1.38. The van der Waals surface area contributed by atoms with E-state index < -0.39 is 41.4 Å². The van der Waals surface area contributed by atoms with Crippen LogP contribution in [0.15, 0.2) is 66.9 Å². The number of benzene rings is 2. The van der Waals surface area contributed by atoms with E-state index in [2.05, 4.69) is 10.3 Å². The van der Waals surface area contributed by atoms with Crippen LogP contribution < -0.4 is 10.1 Å². The molecule has 0 radical (unpaired) electrons. The Labute approximate surface area is 205 Å². The van der Waals surface area contributed by atoms with E-state index in [1.54, 1.807) is 30.3 Å². The highest BCUT2D eigenvalue weighted by Crippen LogP contribution is 2.33. The largest absolute Gasteiger partial charge is 0.503 e. The van der Waals surface area contributed by atoms with Gasteiger partial charge in [-0.3, -0.25) is 4.79 Å². The van der Waals surface area contributed by atoms with Crippen LogP contribution in [-0.2, 0) is 15.8 Å². The van der Waals surface area contributed by atoms with Crippen molar-refractivity contribution in [1.82, 2.24) is 15.4 Å². The first kappa shape index (κ1) is 26.5. The molecular weight excluding hydrogens is 479 g/mol. The van der Waals surface area contributed by atoms with Crippen LogP contribution in [0, 0.1) is 0 Å². The monoisotopic (exact) mass is 503 g/mol. The number of hydrogen-bond donors (Lipinski definition) is 2. The van der Waals surface area contributed by atoms with E-state index in [-0.39, 0.29) is 11.4 Å². The van der Waals surface area contributed by atoms with E-state index in [4.69, 9.17) is 9.57 Å². The third-order valence-electron chi connectivity index (χ3n) is 5.29. The van der Waals surface area contributed by atoms with Gasteiger partial charge in [0.15, 0.2) is 17.2 Å². The van der Waals surface area contributed by atoms with Crippen molar-refractivity contribution in [2.75, 3.05) is 14.2 Å². The van der Waals surface area contributed by atoms with Crippen molar-refractivity contribution < 1.29 is 37.4 Å². The molecule has 2 aromatic carbocycles. The fourth-order valence-corrected chi connectivity index (χ4v) is 3.47. The Hall–Kier alpha value is -4.12. The lowest BCUT2D eigenvalue weighted by Crippen LogP contribution is -2.42. The lowest BCUT2D eigenvalue weighted by atomic mass is 9.97. The Morgan fingerprint density at radius 2 is 1.64 bits per heavy atom. The van der Waals surface area contributed by atoms with E-state index >= 15 is 0 Å². The number of methoxy groups -OCH3 is 1. The molecule has 1 heterocycles. The average Bonchev–Trinajstić information content (AvgIpc) is 2.84. The maximum absolute atomic E-state index is 13.0. The summed E-state index contributed by atoms with van der Waals surface area (Å²) in [5, 5.41) is 13.7. The highest BCUT2D eigenvalue weighted by molar-refractivity contribution is 5.97. The zero-order valence-electron chi connectivity index (χ0n) is 19.6. The van der Waals surface area contributed by atoms with Gasteiger partial charge < -0.3 is 20.0 Å². The maximum Gasteiger partial charge on any atom is 0.416 e. The average molecular weight is 503 g/mol. The molecular formula is C25H24F3N3O5. The van der Waals surface area contributed by atoms with E-state index in [1.165, 1.54) is 50.5 Å². The van der Waals surface area contributed by atoms with Crippen molar-refractivity contribution >= 4 is 11.9 Å². The fraction of sp³-hybridized carbons (Fsp3) is 0.240. The molecule has 1 unspecified atom stereocenters. The SMILES string of the molecule is COc1ccnc(C(=O)N[C@@H](C)C(=O)ON(C)C(c2ccccc2)c2ccc(C(F)(F)F)cc2)c1O. The molecule has 0 bridgehead atoms. The van der Waals surface area contributed by atoms with E-state index in [0.29, 0.717) is 11.1 Å². The molecule has 2 N–H and O–H groups in total. The number of nitrogens with one attached hydrogen (secondary N) is 1. The summed E-state index contributed by atoms with van der Waals surface area (Å²) in [7, 11) is 2.77. The van der Waals surface area contributed by atoms with Gasteiger partial charge in [0.2, 0.25) is 0 Å². The Morgan fingerprint density at radius 1 is 1.03 bits per heavy atom. The summed E-state index contributed by atoms with van der Waals surface area (Å²) in [6, 6.07) is 12.8. The number of carbonyl (C=O) groups excluding carboxylic acids is 2. The zero-order chi connectivity index (χ0) is 26.5. The van der Waals surface area contributed by atoms with Gasteiger partial charge >= 0.3 is 12.1 Å². The summed E-state index contributed by atoms with van der Waals surface area (Å²) >= 11 is 0. The Bertz CT molecular complexity index is 1200. The van der Waals surface area contributed by atoms with Crippen molar-refractivity contribution in [3.63, 3.8) is 0 Å². The normalized spacial score (nSPS) is 13.1. The summed E-state index contributed by atoms with van der Waals surface area (Å²) in [4.78, 5) is 34.5. The number of alkyl halides is 3. The van der Waals surface area contributed by atoms with Crippen LogP contribution in [0.4, 0.5) is 13.2 Å². The van der Waals surface area contributed by atoms with E-state index in [0.717, 1.165) is 12.1 Å². The van der Waals surface area contributed by atoms with Gasteiger partial charge in [0.25, 0.3) is 5.91 Å². The molecule has 3 aromatic rings. The molecule has 36 heavy (non-hydrogen) atoms. The first-order valence-electron chi connectivity index (χ1n) is 10.7. The van der Waals surface area contributed by atoms with E-state index in [9.17, 15) is 27.9 Å². The van der Waals surface area contributed by atoms with Crippen LogP contribution in [0.25, 0.3) is 0 Å². The van der Waals surface area contributed by atoms with Crippen LogP contribution >= 0.6 is 0 Å². The molecule has 0 saturated heterocycles. The third kappa shape index (κ3) is 6.11. The highest BCUT2D eigenvalue weighted by Gasteiger charge is 2.31. The van der Waals surface area contributed by atoms with Gasteiger partial charge in [-0.05, 0) is 30.2 Å². The van der Waals surface area contributed by atoms with Gasteiger partial charge in [-0.25, -0.2) is 9.78 Å². The lowest BCUT2D eigenvalue weighted by Gasteiger charge is -2.28. The first-order chi connectivity index (χ1) is 17.0. The van der Waals surface area contributed by atoms with Gasteiger partial charge in [-0.1, -0.05) is 42.5 Å². The van der Waals surface area contributed by atoms with Crippen LogP contribution in [0.3, 0.4) is 0 Å². The van der Waals surface area contributed by atoms with Gasteiger partial charge in [-0.15, -0.1) is 5.06 Å². The number of carbonyl (C=O) groups is 2. The van der Waals surface area contributed by atoms with Crippen molar-refractivity contribution in [3.8, 4) is 11.5 Å². The standard InChI is InChI=1S/C25H24F3N3O5/c1-15(30-23(33)20-22(32)19(35-3)13-14-29-20)24(34)36-31(2)21(16-7-5-4-6-8-16)17-9-11-18(12-10-17)25(26,27)28/h4-15,21,32H,1-3H3,(H,30,33)/t15-,21?/m0/s1. The molecule has 190 valence electrons. The molecule has 0 aliphatic rings. The Kier molecular flexibility index (Phi) is 8.15. The van der Waals surface area contributed by atoms with Crippen molar-refractivity contribution in [1.29, 1.82) is 0 Å². The second-order valence-corrected chi connectivity index (χ2v) is 7.80. The predicted molar refractivity (Wildman–Crippen MR) is 123 cm³/mol. The number of rotatable bonds is 8. The smallest absolute Gasteiger partial charge is 0.416 e. The third-order valence-corrected chi connectivity index (χ3v) is 5.29. The number of ether oxygens (including phenoxy) is 1. The number of hydroxylamine groups is 2. The van der Waals surface area contributed by atoms with E-state index in [1.807, 2.05) is 0 Å². The molecule has 0 aliphatic heterocycles. The summed E-state index contributed by atoms with van der Waals surface area (Å²) in [6.07, 6.45) is -3.22. The second-order valence-electron chi connectivity index (χ2n) is 7.80. The molecule has 0 saturated carbocycles. The Morgan fingerprint density at radius 3 is 2.22 bits per heavy atom. The Balaban J connectivity index is 1.77. The molecule has 8 nitrogen and oxygen atoms in total. The quantitative estimate of drug-likeness (QED) is 0.446. The summed E-state index contributed by atoms with van der Waals surface area (Å²) in [5.41, 5.74) is -0.0286. The van der Waals surface area contributed by atoms with Gasteiger partial charge in [0, 0.05) is 19.3 Å². The highest BCUT2D eigenvalue weighted by atomic mass is 19.4. The number of nitrogens with zero attached hydrogens (tertiary/aromatic N) is 2. The molecule has 0 aliphatic carbocycles. The van der Waals surface area contributed by atoms with Crippen LogP contribution in [-0.4, -0.2) is 47.2 Å². The number of halogens is 3. The van der Waals surface area contributed by atoms with Crippen molar-refractivity contribution in [2.45, 2.75) is 25.2 Å². The molecule has 2 atom stereocenters. The first-order valence-corrected chi connectivity index (χ1v) is 10.7. The fourth-order valence-electron chi connectivity index (χ4n) is 3.47. The van der Waals surface area contributed by atoms with Crippen LogP contribution in [0.1, 0.15) is 40.1 Å². The number of hydrogen-bond acceptors (Lipinski definition) is 7. The lowest BCUT2D eigenvalue weighted by molar-refractivity contribution is -0.193. The van der Waals surface area contributed by atoms with Crippen LogP contribution in [0.2, 0.25) is 0 Å². The van der Waals surface area contributed by atoms with Crippen molar-refractivity contribution in [2.24, 2.45) is 0 Å². The summed E-state index contributed by atoms with van der Waals surface area (Å²) < 4.78 is 44.0. The molecule has 3 rings (SSSR count). The van der Waals surface area contributed by atoms with Crippen molar-refractivity contribution in [3.05, 3.63) is 89.2 Å². The molecule has 0 fully saturated rings. The second kappa shape index (κ2) is 11.1. The molecule has 0 spiro atoms. The minimum atomic E-state index is -4.49. The topological polar surface area (TPSA) is 101 Å². The number of amides is 1. The molecule has 1 amide bonds. The van der Waals surface area contributed by atoms with Gasteiger partial charge in [-0.2, -0.15) is 13.2 Å². The number of aromatic nitrogens is 1. The number of aromatic hydroxyl groups is 1. The minimum absolute atomic E-state index is 0.0346. The maximum atomic E-state index is 13.0. The molecule has 11 heteroatoms. The van der Waals surface area contributed by atoms with Gasteiger partial charge in [0.05, 0.1) is 18.7 Å². The summed E-state index contributed by atoms with van der Waals surface area (Å²) in [5.74, 6) is -2.13. The molecule has 1 aromatic heterocycles. The van der Waals surface area contributed by atoms with Gasteiger partial charge in [0.1, 0.15) is 6.04 Å². The minimum Gasteiger partial charge on any atom is -0.503 e. The van der Waals surface area contributed by atoms with Crippen LogP contribution in [0.5, 0.6) is 11.5 Å².